The van der Waals surface area contributed by atoms with Crippen LogP contribution in [-0.2, 0) is 0 Å². The fourth-order valence-corrected chi connectivity index (χ4v) is 3.39. The summed E-state index contributed by atoms with van der Waals surface area (Å²) < 4.78 is 13.5. The lowest BCUT2D eigenvalue weighted by molar-refractivity contribution is 0.239. The Labute approximate surface area is 123 Å². The summed E-state index contributed by atoms with van der Waals surface area (Å²) in [6.45, 7) is 8.93. The van der Waals surface area contributed by atoms with Crippen LogP contribution in [0.25, 0.3) is 0 Å². The summed E-state index contributed by atoms with van der Waals surface area (Å²) in [5.74, 6) is 2.49. The molecule has 0 heterocycles. The van der Waals surface area contributed by atoms with Crippen molar-refractivity contribution in [2.45, 2.75) is 46.0 Å². The predicted molar refractivity (Wildman–Crippen MR) is 83.4 cm³/mol. The Morgan fingerprint density at radius 3 is 2.80 bits per heavy atom. The van der Waals surface area contributed by atoms with Gasteiger partial charge in [-0.1, -0.05) is 39.3 Å². The van der Waals surface area contributed by atoms with Crippen LogP contribution in [0.3, 0.4) is 0 Å². The number of halogens is 1. The zero-order valence-corrected chi connectivity index (χ0v) is 13.0. The first-order valence-corrected chi connectivity index (χ1v) is 8.02. The molecule has 0 aliphatic heterocycles. The summed E-state index contributed by atoms with van der Waals surface area (Å²) in [5.41, 5.74) is 1.19. The van der Waals surface area contributed by atoms with Crippen molar-refractivity contribution in [3.8, 4) is 0 Å². The van der Waals surface area contributed by atoms with E-state index >= 15 is 0 Å². The van der Waals surface area contributed by atoms with Gasteiger partial charge < -0.3 is 5.32 Å². The Kier molecular flexibility index (Phi) is 5.59. The molecule has 1 aliphatic carbocycles. The highest BCUT2D eigenvalue weighted by molar-refractivity contribution is 5.22. The van der Waals surface area contributed by atoms with E-state index in [2.05, 4.69) is 32.2 Å². The quantitative estimate of drug-likeness (QED) is 0.830. The van der Waals surface area contributed by atoms with E-state index in [-0.39, 0.29) is 5.82 Å². The number of rotatable bonds is 5. The monoisotopic (exact) mass is 277 g/mol. The van der Waals surface area contributed by atoms with Crippen molar-refractivity contribution in [2.75, 3.05) is 13.1 Å². The van der Waals surface area contributed by atoms with E-state index in [1.807, 2.05) is 6.07 Å². The highest BCUT2D eigenvalue weighted by atomic mass is 19.1. The van der Waals surface area contributed by atoms with Gasteiger partial charge in [0.2, 0.25) is 0 Å². The first-order valence-electron chi connectivity index (χ1n) is 8.02. The average Bonchev–Trinajstić information content (AvgIpc) is 2.40. The van der Waals surface area contributed by atoms with Gasteiger partial charge in [-0.2, -0.15) is 0 Å². The van der Waals surface area contributed by atoms with Crippen LogP contribution in [0.4, 0.5) is 4.39 Å². The molecule has 1 N–H and O–H groups in total. The minimum absolute atomic E-state index is 0.102. The van der Waals surface area contributed by atoms with Crippen molar-refractivity contribution in [1.82, 2.24) is 5.32 Å². The second kappa shape index (κ2) is 7.21. The van der Waals surface area contributed by atoms with Crippen LogP contribution >= 0.6 is 0 Å². The van der Waals surface area contributed by atoms with Crippen molar-refractivity contribution in [3.05, 3.63) is 35.6 Å². The molecule has 1 nitrogen and oxygen atoms in total. The number of hydrogen-bond acceptors (Lipinski definition) is 1. The lowest BCUT2D eigenvalue weighted by Crippen LogP contribution is -2.33. The molecule has 1 aromatic carbocycles. The molecule has 0 aromatic heterocycles. The summed E-state index contributed by atoms with van der Waals surface area (Å²) in [4.78, 5) is 0. The molecule has 0 saturated heterocycles. The SMILES string of the molecule is CC(C)CNCC1CCC(C)CC1c1cccc(F)c1. The van der Waals surface area contributed by atoms with Crippen molar-refractivity contribution in [2.24, 2.45) is 17.8 Å². The molecule has 1 aromatic rings. The molecule has 1 aliphatic rings. The van der Waals surface area contributed by atoms with Crippen molar-refractivity contribution < 1.29 is 4.39 Å². The van der Waals surface area contributed by atoms with Crippen LogP contribution in [0.15, 0.2) is 24.3 Å². The molecule has 0 radical (unpaired) electrons. The van der Waals surface area contributed by atoms with Gasteiger partial charge in [0.25, 0.3) is 0 Å². The fourth-order valence-electron chi connectivity index (χ4n) is 3.39. The molecule has 3 unspecified atom stereocenters. The number of nitrogens with one attached hydrogen (secondary N) is 1. The minimum Gasteiger partial charge on any atom is -0.316 e. The molecule has 0 spiro atoms. The molecular formula is C18H28FN. The number of hydrogen-bond donors (Lipinski definition) is 1. The zero-order chi connectivity index (χ0) is 14.5. The van der Waals surface area contributed by atoms with Crippen molar-refractivity contribution in [1.29, 1.82) is 0 Å². The normalized spacial score (nSPS) is 26.9. The molecule has 112 valence electrons. The molecule has 2 rings (SSSR count). The summed E-state index contributed by atoms with van der Waals surface area (Å²) in [7, 11) is 0. The lowest BCUT2D eigenvalue weighted by atomic mass is 9.71. The lowest BCUT2D eigenvalue weighted by Gasteiger charge is -2.35. The molecule has 1 saturated carbocycles. The maximum atomic E-state index is 13.5. The van der Waals surface area contributed by atoms with E-state index in [0.29, 0.717) is 17.8 Å². The summed E-state index contributed by atoms with van der Waals surface area (Å²) in [5, 5.41) is 3.59. The van der Waals surface area contributed by atoms with Gasteiger partial charge in [0.05, 0.1) is 0 Å². The zero-order valence-electron chi connectivity index (χ0n) is 13.0. The smallest absolute Gasteiger partial charge is 0.123 e. The fraction of sp³-hybridized carbons (Fsp3) is 0.667. The van der Waals surface area contributed by atoms with Crippen LogP contribution < -0.4 is 5.32 Å². The van der Waals surface area contributed by atoms with Crippen molar-refractivity contribution in [3.63, 3.8) is 0 Å². The Bertz CT molecular complexity index is 416. The minimum atomic E-state index is -0.102. The second-order valence-corrected chi connectivity index (χ2v) is 6.89. The molecule has 20 heavy (non-hydrogen) atoms. The van der Waals surface area contributed by atoms with Crippen LogP contribution in [-0.4, -0.2) is 13.1 Å². The van der Waals surface area contributed by atoms with Gasteiger partial charge in [-0.15, -0.1) is 0 Å². The molecule has 3 atom stereocenters. The molecule has 0 bridgehead atoms. The van der Waals surface area contributed by atoms with Crippen LogP contribution in [0, 0.1) is 23.6 Å². The van der Waals surface area contributed by atoms with E-state index in [9.17, 15) is 4.39 Å². The molecule has 2 heteroatoms. The summed E-state index contributed by atoms with van der Waals surface area (Å²) >= 11 is 0. The highest BCUT2D eigenvalue weighted by Crippen LogP contribution is 2.40. The van der Waals surface area contributed by atoms with Crippen LogP contribution in [0.2, 0.25) is 0 Å². The van der Waals surface area contributed by atoms with Gasteiger partial charge in [-0.3, -0.25) is 0 Å². The highest BCUT2D eigenvalue weighted by Gasteiger charge is 2.29. The van der Waals surface area contributed by atoms with Crippen LogP contribution in [0.1, 0.15) is 51.5 Å². The van der Waals surface area contributed by atoms with E-state index in [4.69, 9.17) is 0 Å². The maximum Gasteiger partial charge on any atom is 0.123 e. The third kappa shape index (κ3) is 4.31. The molecular weight excluding hydrogens is 249 g/mol. The summed E-state index contributed by atoms with van der Waals surface area (Å²) in [6, 6.07) is 7.23. The average molecular weight is 277 g/mol. The van der Waals surface area contributed by atoms with E-state index in [1.54, 1.807) is 12.1 Å². The van der Waals surface area contributed by atoms with Gasteiger partial charge in [-0.25, -0.2) is 4.39 Å². The van der Waals surface area contributed by atoms with Gasteiger partial charge in [0.1, 0.15) is 5.82 Å². The van der Waals surface area contributed by atoms with E-state index in [1.165, 1.54) is 24.8 Å². The van der Waals surface area contributed by atoms with E-state index in [0.717, 1.165) is 19.0 Å². The van der Waals surface area contributed by atoms with Crippen molar-refractivity contribution >= 4 is 0 Å². The topological polar surface area (TPSA) is 12.0 Å². The Morgan fingerprint density at radius 1 is 1.30 bits per heavy atom. The number of benzene rings is 1. The van der Waals surface area contributed by atoms with Gasteiger partial charge >= 0.3 is 0 Å². The Balaban J connectivity index is 2.04. The summed E-state index contributed by atoms with van der Waals surface area (Å²) in [6.07, 6.45) is 3.75. The first-order chi connectivity index (χ1) is 9.56. The standard InChI is InChI=1S/C18H28FN/c1-13(2)11-20-12-16-8-7-14(3)9-18(16)15-5-4-6-17(19)10-15/h4-6,10,13-14,16,18,20H,7-9,11-12H2,1-3H3. The largest absolute Gasteiger partial charge is 0.316 e. The van der Waals surface area contributed by atoms with Crippen LogP contribution in [0.5, 0.6) is 0 Å². The second-order valence-electron chi connectivity index (χ2n) is 6.89. The first kappa shape index (κ1) is 15.5. The molecule has 1 fully saturated rings. The maximum absolute atomic E-state index is 13.5. The predicted octanol–water partition coefficient (Wildman–Crippen LogP) is 4.59. The van der Waals surface area contributed by atoms with E-state index < -0.39 is 0 Å². The van der Waals surface area contributed by atoms with Gasteiger partial charge in [0, 0.05) is 0 Å². The van der Waals surface area contributed by atoms with Gasteiger partial charge in [0.15, 0.2) is 0 Å². The van der Waals surface area contributed by atoms with Gasteiger partial charge in [-0.05, 0) is 67.3 Å². The Morgan fingerprint density at radius 2 is 2.10 bits per heavy atom. The Hall–Kier alpha value is -0.890. The third-order valence-corrected chi connectivity index (χ3v) is 4.49. The third-order valence-electron chi connectivity index (χ3n) is 4.49. The molecule has 0 amide bonds.